The van der Waals surface area contributed by atoms with E-state index >= 15 is 0 Å². The molecule has 0 spiro atoms. The van der Waals surface area contributed by atoms with Gasteiger partial charge in [0.25, 0.3) is 5.91 Å². The topological polar surface area (TPSA) is 66.1 Å². The van der Waals surface area contributed by atoms with Gasteiger partial charge >= 0.3 is 0 Å². The molecule has 2 N–H and O–H groups in total. The fourth-order valence-electron chi connectivity index (χ4n) is 6.70. The van der Waals surface area contributed by atoms with E-state index in [2.05, 4.69) is 21.6 Å². The first-order valence-corrected chi connectivity index (χ1v) is 15.4. The molecule has 4 fully saturated rings. The Labute approximate surface area is 261 Å². The minimum absolute atomic E-state index is 0. The third-order valence-electron chi connectivity index (χ3n) is 8.98. The smallest absolute Gasteiger partial charge is 0.253 e. The summed E-state index contributed by atoms with van der Waals surface area (Å²) in [5.41, 5.74) is 2.83. The van der Waals surface area contributed by atoms with Gasteiger partial charge in [0, 0.05) is 82.0 Å². The second-order valence-corrected chi connectivity index (χ2v) is 11.8. The first-order valence-electron chi connectivity index (χ1n) is 15.4. The molecule has 2 aromatic carbocycles. The van der Waals surface area contributed by atoms with E-state index in [9.17, 15) is 9.18 Å². The predicted molar refractivity (Wildman–Crippen MR) is 170 cm³/mol. The Morgan fingerprint density at radius 1 is 0.786 bits per heavy atom. The van der Waals surface area contributed by atoms with E-state index in [1.54, 1.807) is 6.07 Å². The van der Waals surface area contributed by atoms with Crippen molar-refractivity contribution in [2.75, 3.05) is 57.3 Å². The average Bonchev–Trinajstić information content (AvgIpc) is 3.51. The summed E-state index contributed by atoms with van der Waals surface area (Å²) in [4.78, 5) is 17.7. The molecule has 6 rings (SSSR count). The maximum Gasteiger partial charge on any atom is 0.253 e. The Hall–Kier alpha value is -2.26. The number of hydrogen-bond acceptors (Lipinski definition) is 6. The van der Waals surface area contributed by atoms with Gasteiger partial charge in [-0.25, -0.2) is 4.39 Å². The molecule has 0 aromatic heterocycles. The summed E-state index contributed by atoms with van der Waals surface area (Å²) >= 11 is 0. The number of hydrogen-bond donors (Lipinski definition) is 2. The molecule has 0 bridgehead atoms. The molecule has 232 valence electrons. The van der Waals surface area contributed by atoms with Gasteiger partial charge in [-0.3, -0.25) is 4.79 Å². The number of amides is 1. The van der Waals surface area contributed by atoms with Crippen molar-refractivity contribution in [2.45, 2.75) is 69.5 Å². The van der Waals surface area contributed by atoms with Crippen LogP contribution in [0.1, 0.15) is 73.2 Å². The van der Waals surface area contributed by atoms with Crippen LogP contribution in [0.2, 0.25) is 0 Å². The third-order valence-corrected chi connectivity index (χ3v) is 8.98. The lowest BCUT2D eigenvalue weighted by Gasteiger charge is -2.33. The molecule has 0 unspecified atom stereocenters. The summed E-state index contributed by atoms with van der Waals surface area (Å²) in [7, 11) is 0. The van der Waals surface area contributed by atoms with Crippen LogP contribution in [0.4, 0.5) is 10.1 Å². The predicted octanol–water partition coefficient (Wildman–Crippen LogP) is 5.55. The van der Waals surface area contributed by atoms with Crippen molar-refractivity contribution in [2.24, 2.45) is 0 Å². The Morgan fingerprint density at radius 3 is 2.26 bits per heavy atom. The van der Waals surface area contributed by atoms with E-state index in [1.807, 2.05) is 23.1 Å². The van der Waals surface area contributed by atoms with E-state index in [0.29, 0.717) is 24.8 Å². The molecule has 4 aliphatic rings. The van der Waals surface area contributed by atoms with Crippen LogP contribution in [-0.4, -0.2) is 75.4 Å². The van der Waals surface area contributed by atoms with Crippen molar-refractivity contribution < 1.29 is 18.7 Å². The zero-order chi connectivity index (χ0) is 27.3. The number of carbonyl (C=O) groups is 1. The summed E-state index contributed by atoms with van der Waals surface area (Å²) in [6, 6.07) is 11.1. The first kappa shape index (κ1) is 32.6. The largest absolute Gasteiger partial charge is 0.490 e. The zero-order valence-corrected chi connectivity index (χ0v) is 26.0. The lowest BCUT2D eigenvalue weighted by molar-refractivity contribution is 0.0595. The molecule has 0 radical (unpaired) electrons. The molecular weight excluding hydrogens is 578 g/mol. The van der Waals surface area contributed by atoms with Gasteiger partial charge in [0.05, 0.1) is 0 Å². The standard InChI is InChI=1S/C32H43FN4O3.2ClH/c33-25-19-26(36-16-12-34-13-17-36)21-29(20-25)39-27-9-14-37(15-10-27)32(38)24-6-7-31(40-28-8-11-35-22-28)30(18-24)23-4-2-1-3-5-23;;/h6-7,18-21,23,27-28,34-35H,1-5,8-17,22H2;2*1H/t28-;;/m1../s1. The third kappa shape index (κ3) is 8.01. The number of nitrogens with zero attached hydrogens (tertiary/aromatic N) is 2. The Bertz CT molecular complexity index is 1160. The van der Waals surface area contributed by atoms with Gasteiger partial charge in [-0.1, -0.05) is 19.3 Å². The van der Waals surface area contributed by atoms with Crippen LogP contribution in [-0.2, 0) is 0 Å². The molecular formula is C32H45Cl2FN4O3. The van der Waals surface area contributed by atoms with Crippen molar-refractivity contribution in [3.8, 4) is 11.5 Å². The Balaban J connectivity index is 0.00000202. The second-order valence-electron chi connectivity index (χ2n) is 11.8. The maximum atomic E-state index is 14.4. The van der Waals surface area contributed by atoms with Crippen LogP contribution in [0.5, 0.6) is 11.5 Å². The lowest BCUT2D eigenvalue weighted by Crippen LogP contribution is -2.43. The minimum atomic E-state index is -0.274. The number of piperidine rings is 1. The fourth-order valence-corrected chi connectivity index (χ4v) is 6.70. The molecule has 3 heterocycles. The van der Waals surface area contributed by atoms with Gasteiger partial charge < -0.3 is 29.9 Å². The average molecular weight is 624 g/mol. The van der Waals surface area contributed by atoms with Crippen molar-refractivity contribution in [1.82, 2.24) is 15.5 Å². The van der Waals surface area contributed by atoms with Crippen LogP contribution >= 0.6 is 24.8 Å². The summed E-state index contributed by atoms with van der Waals surface area (Å²) < 4.78 is 27.1. The van der Waals surface area contributed by atoms with Crippen LogP contribution in [0.3, 0.4) is 0 Å². The highest BCUT2D eigenvalue weighted by Gasteiger charge is 2.28. The van der Waals surface area contributed by atoms with E-state index < -0.39 is 0 Å². The molecule has 3 aliphatic heterocycles. The van der Waals surface area contributed by atoms with Crippen LogP contribution in [0, 0.1) is 5.82 Å². The van der Waals surface area contributed by atoms with Gasteiger partial charge in [-0.05, 0) is 61.6 Å². The highest BCUT2D eigenvalue weighted by Crippen LogP contribution is 2.39. The molecule has 1 saturated carbocycles. The molecule has 1 aliphatic carbocycles. The minimum Gasteiger partial charge on any atom is -0.490 e. The SMILES string of the molecule is Cl.Cl.O=C(c1ccc(O[C@@H]2CCNC2)c(C2CCCCC2)c1)N1CCC(Oc2cc(F)cc(N3CCNCC3)c2)CC1. The van der Waals surface area contributed by atoms with Gasteiger partial charge in [0.1, 0.15) is 29.5 Å². The van der Waals surface area contributed by atoms with Crippen molar-refractivity contribution in [3.05, 3.63) is 53.3 Å². The van der Waals surface area contributed by atoms with Crippen molar-refractivity contribution in [3.63, 3.8) is 0 Å². The molecule has 10 heteroatoms. The van der Waals surface area contributed by atoms with Crippen LogP contribution in [0.25, 0.3) is 0 Å². The van der Waals surface area contributed by atoms with Crippen LogP contribution < -0.4 is 25.0 Å². The van der Waals surface area contributed by atoms with Crippen molar-refractivity contribution in [1.29, 1.82) is 0 Å². The number of carbonyl (C=O) groups excluding carboxylic acids is 1. The zero-order valence-electron chi connectivity index (χ0n) is 24.3. The molecule has 42 heavy (non-hydrogen) atoms. The molecule has 1 amide bonds. The summed E-state index contributed by atoms with van der Waals surface area (Å²) in [6.45, 7) is 6.66. The van der Waals surface area contributed by atoms with E-state index in [1.165, 1.54) is 30.9 Å². The quantitative estimate of drug-likeness (QED) is 0.422. The summed E-state index contributed by atoms with van der Waals surface area (Å²) in [5, 5.41) is 6.72. The van der Waals surface area contributed by atoms with Gasteiger partial charge in [0.15, 0.2) is 0 Å². The molecule has 1 atom stereocenters. The van der Waals surface area contributed by atoms with E-state index in [4.69, 9.17) is 9.47 Å². The Morgan fingerprint density at radius 2 is 1.55 bits per heavy atom. The highest BCUT2D eigenvalue weighted by atomic mass is 35.5. The monoisotopic (exact) mass is 622 g/mol. The number of halogens is 3. The number of rotatable bonds is 7. The number of ether oxygens (including phenoxy) is 2. The van der Waals surface area contributed by atoms with Gasteiger partial charge in [-0.15, -0.1) is 24.8 Å². The van der Waals surface area contributed by atoms with E-state index in [0.717, 1.165) is 88.4 Å². The number of likely N-dealkylation sites (tertiary alicyclic amines) is 1. The number of anilines is 1. The fraction of sp³-hybridized carbons (Fsp3) is 0.594. The number of benzene rings is 2. The number of nitrogens with one attached hydrogen (secondary N) is 2. The maximum absolute atomic E-state index is 14.4. The summed E-state index contributed by atoms with van der Waals surface area (Å²) in [5.74, 6) is 1.80. The highest BCUT2D eigenvalue weighted by molar-refractivity contribution is 5.94. The van der Waals surface area contributed by atoms with Gasteiger partial charge in [0.2, 0.25) is 0 Å². The van der Waals surface area contributed by atoms with Gasteiger partial charge in [-0.2, -0.15) is 0 Å². The van der Waals surface area contributed by atoms with Crippen LogP contribution in [0.15, 0.2) is 36.4 Å². The Kier molecular flexibility index (Phi) is 12.0. The van der Waals surface area contributed by atoms with Crippen molar-refractivity contribution >= 4 is 36.4 Å². The normalized spacial score (nSPS) is 21.8. The molecule has 2 aromatic rings. The first-order chi connectivity index (χ1) is 19.6. The second kappa shape index (κ2) is 15.5. The number of piperazine rings is 1. The lowest BCUT2D eigenvalue weighted by atomic mass is 9.83. The summed E-state index contributed by atoms with van der Waals surface area (Å²) in [6.07, 6.45) is 8.75. The molecule has 3 saturated heterocycles. The van der Waals surface area contributed by atoms with E-state index in [-0.39, 0.29) is 48.7 Å². The molecule has 7 nitrogen and oxygen atoms in total.